The topological polar surface area (TPSA) is 91.8 Å². The molecule has 0 aliphatic heterocycles. The minimum atomic E-state index is -3.35. The molecule has 0 radical (unpaired) electrons. The minimum Gasteiger partial charge on any atom is -0.480 e. The lowest BCUT2D eigenvalue weighted by atomic mass is 10.2. The van der Waals surface area contributed by atoms with Crippen molar-refractivity contribution in [1.82, 2.24) is 4.90 Å². The van der Waals surface area contributed by atoms with Gasteiger partial charge in [-0.1, -0.05) is 0 Å². The number of nitrogens with zero attached hydrogens (tertiary/aromatic N) is 1. The average Bonchev–Trinajstić information content (AvgIpc) is 2.74. The monoisotopic (exact) mass is 291 g/mol. The van der Waals surface area contributed by atoms with Crippen LogP contribution in [0.3, 0.4) is 0 Å². The van der Waals surface area contributed by atoms with Crippen LogP contribution in [0.4, 0.5) is 0 Å². The first-order valence-electron chi connectivity index (χ1n) is 4.93. The number of thiophene rings is 1. The molecule has 1 rings (SSSR count). The van der Waals surface area contributed by atoms with E-state index in [4.69, 9.17) is 5.11 Å². The summed E-state index contributed by atoms with van der Waals surface area (Å²) in [7, 11) is -1.99. The van der Waals surface area contributed by atoms with Crippen LogP contribution in [0.2, 0.25) is 0 Å². The maximum Gasteiger partial charge on any atom is 0.326 e. The van der Waals surface area contributed by atoms with Crippen molar-refractivity contribution in [3.63, 3.8) is 0 Å². The van der Waals surface area contributed by atoms with Gasteiger partial charge >= 0.3 is 5.97 Å². The number of amides is 1. The third kappa shape index (κ3) is 3.08. The smallest absolute Gasteiger partial charge is 0.326 e. The van der Waals surface area contributed by atoms with Crippen LogP contribution in [-0.4, -0.2) is 49.6 Å². The Morgan fingerprint density at radius 1 is 1.44 bits per heavy atom. The molecule has 100 valence electrons. The number of carbonyl (C=O) groups excluding carboxylic acids is 1. The lowest BCUT2D eigenvalue weighted by molar-refractivity contribution is -0.141. The normalized spacial score (nSPS) is 13.1. The fraction of sp³-hybridized carbons (Fsp3) is 0.400. The maximum atomic E-state index is 11.9. The number of likely N-dealkylation sites (N-methyl/N-ethyl adjacent to an activating group) is 1. The van der Waals surface area contributed by atoms with E-state index < -0.39 is 27.8 Å². The van der Waals surface area contributed by atoms with Crippen LogP contribution < -0.4 is 0 Å². The zero-order chi connectivity index (χ0) is 14.1. The van der Waals surface area contributed by atoms with Gasteiger partial charge in [0.2, 0.25) is 0 Å². The van der Waals surface area contributed by atoms with Crippen molar-refractivity contribution in [2.24, 2.45) is 0 Å². The molecule has 18 heavy (non-hydrogen) atoms. The van der Waals surface area contributed by atoms with Gasteiger partial charge in [0.1, 0.15) is 10.3 Å². The van der Waals surface area contributed by atoms with Gasteiger partial charge in [-0.2, -0.15) is 0 Å². The Bertz CT molecular complexity index is 575. The zero-order valence-corrected chi connectivity index (χ0v) is 11.7. The maximum absolute atomic E-state index is 11.9. The predicted octanol–water partition coefficient (Wildman–Crippen LogP) is 0.697. The van der Waals surface area contributed by atoms with Crippen molar-refractivity contribution in [1.29, 1.82) is 0 Å². The van der Waals surface area contributed by atoms with E-state index in [0.29, 0.717) is 0 Å². The summed E-state index contributed by atoms with van der Waals surface area (Å²) in [4.78, 5) is 23.7. The summed E-state index contributed by atoms with van der Waals surface area (Å²) in [6.07, 6.45) is 1.05. The molecular weight excluding hydrogens is 278 g/mol. The highest BCUT2D eigenvalue weighted by Crippen LogP contribution is 2.21. The molecule has 0 aromatic carbocycles. The molecule has 8 heteroatoms. The van der Waals surface area contributed by atoms with Gasteiger partial charge in [0.15, 0.2) is 9.84 Å². The van der Waals surface area contributed by atoms with Gasteiger partial charge in [-0.05, 0) is 13.0 Å². The van der Waals surface area contributed by atoms with Crippen LogP contribution in [0.15, 0.2) is 15.7 Å². The zero-order valence-electron chi connectivity index (χ0n) is 10.1. The second-order valence-electron chi connectivity index (χ2n) is 3.86. The molecule has 0 bridgehead atoms. The van der Waals surface area contributed by atoms with E-state index in [9.17, 15) is 18.0 Å². The molecule has 1 N–H and O–H groups in total. The van der Waals surface area contributed by atoms with Gasteiger partial charge in [-0.3, -0.25) is 4.79 Å². The van der Waals surface area contributed by atoms with Gasteiger partial charge in [-0.15, -0.1) is 11.3 Å². The van der Waals surface area contributed by atoms with Crippen LogP contribution >= 0.6 is 11.3 Å². The molecule has 1 atom stereocenters. The number of sulfone groups is 1. The standard InChI is InChI=1S/C10H13NO5S2/c1-6(10(13)14)11(2)9(12)7-4-8(17-5-7)18(3,15)16/h4-6H,1-3H3,(H,13,14). The van der Waals surface area contributed by atoms with E-state index >= 15 is 0 Å². The highest BCUT2D eigenvalue weighted by molar-refractivity contribution is 7.92. The van der Waals surface area contributed by atoms with Gasteiger partial charge in [-0.25, -0.2) is 13.2 Å². The summed E-state index contributed by atoms with van der Waals surface area (Å²) in [5, 5.41) is 10.2. The Labute approximate surface area is 109 Å². The number of hydrogen-bond acceptors (Lipinski definition) is 5. The van der Waals surface area contributed by atoms with Gasteiger partial charge in [0.05, 0.1) is 5.56 Å². The van der Waals surface area contributed by atoms with Crippen LogP contribution in [0.5, 0.6) is 0 Å². The summed E-state index contributed by atoms with van der Waals surface area (Å²) >= 11 is 0.939. The van der Waals surface area contributed by atoms with E-state index in [2.05, 4.69) is 0 Å². The molecule has 0 aliphatic rings. The molecule has 1 unspecified atom stereocenters. The molecule has 1 heterocycles. The molecule has 6 nitrogen and oxygen atoms in total. The highest BCUT2D eigenvalue weighted by Gasteiger charge is 2.24. The summed E-state index contributed by atoms with van der Waals surface area (Å²) in [6.45, 7) is 1.38. The molecule has 0 aliphatic carbocycles. The molecule has 0 saturated heterocycles. The van der Waals surface area contributed by atoms with Crippen molar-refractivity contribution in [2.45, 2.75) is 17.2 Å². The van der Waals surface area contributed by atoms with Crippen LogP contribution in [0.1, 0.15) is 17.3 Å². The fourth-order valence-electron chi connectivity index (χ4n) is 1.17. The minimum absolute atomic E-state index is 0.0854. The Balaban J connectivity index is 2.99. The second kappa shape index (κ2) is 5.07. The van der Waals surface area contributed by atoms with Gasteiger partial charge < -0.3 is 10.0 Å². The van der Waals surface area contributed by atoms with E-state index in [0.717, 1.165) is 22.5 Å². The SMILES string of the molecule is CC(C(=O)O)N(C)C(=O)c1csc(S(C)(=O)=O)c1. The van der Waals surface area contributed by atoms with Crippen LogP contribution in [0, 0.1) is 0 Å². The number of aliphatic carboxylic acids is 1. The lowest BCUT2D eigenvalue weighted by Crippen LogP contribution is -2.40. The number of carboxylic acid groups (broad SMARTS) is 1. The van der Waals surface area contributed by atoms with Crippen molar-refractivity contribution in [3.05, 3.63) is 17.0 Å². The number of carboxylic acids is 1. The van der Waals surface area contributed by atoms with Gasteiger partial charge in [0, 0.05) is 18.7 Å². The Morgan fingerprint density at radius 3 is 2.39 bits per heavy atom. The number of hydrogen-bond donors (Lipinski definition) is 1. The molecule has 0 spiro atoms. The average molecular weight is 291 g/mol. The van der Waals surface area contributed by atoms with Crippen molar-refractivity contribution < 1.29 is 23.1 Å². The van der Waals surface area contributed by atoms with E-state index in [1.54, 1.807) is 0 Å². The summed E-state index contributed by atoms with van der Waals surface area (Å²) in [5.41, 5.74) is 0.177. The van der Waals surface area contributed by atoms with Crippen LogP contribution in [-0.2, 0) is 14.6 Å². The molecule has 0 saturated carbocycles. The third-order valence-electron chi connectivity index (χ3n) is 2.45. The predicted molar refractivity (Wildman–Crippen MR) is 66.6 cm³/mol. The van der Waals surface area contributed by atoms with E-state index in [1.807, 2.05) is 0 Å². The van der Waals surface area contributed by atoms with Crippen molar-refractivity contribution >= 4 is 33.1 Å². The largest absolute Gasteiger partial charge is 0.480 e. The summed E-state index contributed by atoms with van der Waals surface area (Å²) < 4.78 is 22.6. The first kappa shape index (κ1) is 14.7. The van der Waals surface area contributed by atoms with Crippen LogP contribution in [0.25, 0.3) is 0 Å². The molecule has 1 aromatic heterocycles. The lowest BCUT2D eigenvalue weighted by Gasteiger charge is -2.20. The highest BCUT2D eigenvalue weighted by atomic mass is 32.2. The number of rotatable bonds is 4. The second-order valence-corrected chi connectivity index (χ2v) is 7.01. The number of carbonyl (C=O) groups is 2. The molecule has 1 amide bonds. The summed E-state index contributed by atoms with van der Waals surface area (Å²) in [5.74, 6) is -1.64. The Hall–Kier alpha value is -1.41. The molecule has 1 aromatic rings. The quantitative estimate of drug-likeness (QED) is 0.881. The molecular formula is C10H13NO5S2. The molecule has 0 fully saturated rings. The first-order chi connectivity index (χ1) is 8.14. The Morgan fingerprint density at radius 2 is 2.00 bits per heavy atom. The van der Waals surface area contributed by atoms with E-state index in [-0.39, 0.29) is 9.77 Å². The van der Waals surface area contributed by atoms with Crippen molar-refractivity contribution in [3.8, 4) is 0 Å². The first-order valence-corrected chi connectivity index (χ1v) is 7.70. The third-order valence-corrected chi connectivity index (χ3v) is 5.21. The summed E-state index contributed by atoms with van der Waals surface area (Å²) in [6, 6.07) is 0.284. The fourth-order valence-corrected chi connectivity index (χ4v) is 2.96. The van der Waals surface area contributed by atoms with Gasteiger partial charge in [0.25, 0.3) is 5.91 Å². The van der Waals surface area contributed by atoms with E-state index in [1.165, 1.54) is 25.4 Å². The van der Waals surface area contributed by atoms with Crippen molar-refractivity contribution in [2.75, 3.05) is 13.3 Å². The Kier molecular flexibility index (Phi) is 4.12.